The van der Waals surface area contributed by atoms with Gasteiger partial charge in [0.1, 0.15) is 48.8 Å². The molecule has 10 atom stereocenters. The predicted molar refractivity (Wildman–Crippen MR) is 108 cm³/mol. The highest BCUT2D eigenvalue weighted by Crippen LogP contribution is 2.29. The summed E-state index contributed by atoms with van der Waals surface area (Å²) in [5.74, 6) is -0.153. The molecule has 34 heavy (non-hydrogen) atoms. The van der Waals surface area contributed by atoms with Crippen molar-refractivity contribution in [3.05, 3.63) is 22.7 Å². The second kappa shape index (κ2) is 10.1. The van der Waals surface area contributed by atoms with Gasteiger partial charge in [-0.15, -0.1) is 0 Å². The minimum absolute atomic E-state index is 0.0144. The Morgan fingerprint density at radius 2 is 1.62 bits per heavy atom. The summed E-state index contributed by atoms with van der Waals surface area (Å²) < 4.78 is 16.3. The molecule has 0 aliphatic carbocycles. The topological polar surface area (TPSA) is 253 Å². The molecular formula is C18H25N5O11. The molecule has 0 amide bonds. The van der Waals surface area contributed by atoms with E-state index in [0.29, 0.717) is 0 Å². The van der Waals surface area contributed by atoms with Crippen LogP contribution in [-0.4, -0.2) is 130 Å². The zero-order valence-corrected chi connectivity index (χ0v) is 17.4. The van der Waals surface area contributed by atoms with E-state index in [1.807, 2.05) is 0 Å². The third-order valence-electron chi connectivity index (χ3n) is 5.63. The van der Waals surface area contributed by atoms with Gasteiger partial charge < -0.3 is 55.3 Å². The molecular weight excluding hydrogens is 462 g/mol. The molecule has 4 heterocycles. The first-order valence-electron chi connectivity index (χ1n) is 10.3. The molecule has 0 spiro atoms. The van der Waals surface area contributed by atoms with Crippen molar-refractivity contribution >= 4 is 17.1 Å². The van der Waals surface area contributed by atoms with Crippen LogP contribution in [-0.2, 0) is 14.2 Å². The molecule has 16 nitrogen and oxygen atoms in total. The van der Waals surface area contributed by atoms with Crippen LogP contribution in [0.3, 0.4) is 0 Å². The van der Waals surface area contributed by atoms with Crippen LogP contribution >= 0.6 is 0 Å². The van der Waals surface area contributed by atoms with Crippen LogP contribution in [0.4, 0.5) is 5.95 Å². The first kappa shape index (κ1) is 24.7. The molecule has 4 rings (SSSR count). The summed E-state index contributed by atoms with van der Waals surface area (Å²) in [7, 11) is 0. The largest absolute Gasteiger partial charge is 0.394 e. The normalized spacial score (nSPS) is 38.7. The second-order valence-corrected chi connectivity index (χ2v) is 7.84. The van der Waals surface area contributed by atoms with Gasteiger partial charge in [-0.2, -0.15) is 4.98 Å². The van der Waals surface area contributed by atoms with Gasteiger partial charge in [0.05, 0.1) is 13.2 Å². The fraction of sp³-hybridized carbons (Fsp3) is 0.667. The molecule has 0 saturated carbocycles. The lowest BCUT2D eigenvalue weighted by Gasteiger charge is -2.46. The maximum atomic E-state index is 12.2. The molecule has 1 unspecified atom stereocenters. The summed E-state index contributed by atoms with van der Waals surface area (Å²) in [6.45, 7) is -1.41. The number of aromatic amines is 1. The Morgan fingerprint density at radius 1 is 0.912 bits per heavy atom. The van der Waals surface area contributed by atoms with Crippen LogP contribution in [0.5, 0.6) is 0 Å². The van der Waals surface area contributed by atoms with Crippen LogP contribution < -0.4 is 10.9 Å². The minimum atomic E-state index is -1.77. The van der Waals surface area contributed by atoms with Crippen molar-refractivity contribution in [2.24, 2.45) is 0 Å². The van der Waals surface area contributed by atoms with Gasteiger partial charge >= 0.3 is 0 Å². The van der Waals surface area contributed by atoms with Gasteiger partial charge in [-0.3, -0.25) is 9.78 Å². The summed E-state index contributed by atoms with van der Waals surface area (Å²) in [5.41, 5.74) is -0.615. The highest BCUT2D eigenvalue weighted by atomic mass is 16.7. The van der Waals surface area contributed by atoms with E-state index in [-0.39, 0.29) is 17.1 Å². The van der Waals surface area contributed by atoms with E-state index < -0.39 is 80.1 Å². The number of aromatic nitrogens is 4. The molecule has 2 aromatic heterocycles. The SMILES string of the molecule is O=c1[nH]c(NC2O[C@H](CO)[C@@H](O[C@@H]3O[C@H](CO)[C@H](O)[C@H](O)[C@H]3O)[C@H](O)[C@H]2O)nc2nccnc12. The lowest BCUT2D eigenvalue weighted by atomic mass is 9.96. The summed E-state index contributed by atoms with van der Waals surface area (Å²) in [5, 5.41) is 72.9. The Kier molecular flexibility index (Phi) is 7.33. The first-order valence-corrected chi connectivity index (χ1v) is 10.3. The Labute approximate surface area is 190 Å². The van der Waals surface area contributed by atoms with E-state index >= 15 is 0 Å². The van der Waals surface area contributed by atoms with E-state index in [1.54, 1.807) is 0 Å². The molecule has 0 bridgehead atoms. The lowest BCUT2D eigenvalue weighted by Crippen LogP contribution is -2.65. The molecule has 2 fully saturated rings. The molecule has 9 N–H and O–H groups in total. The number of H-pyrrole nitrogens is 1. The highest BCUT2D eigenvalue weighted by Gasteiger charge is 2.50. The van der Waals surface area contributed by atoms with E-state index in [4.69, 9.17) is 14.2 Å². The van der Waals surface area contributed by atoms with Crippen molar-refractivity contribution in [1.82, 2.24) is 19.9 Å². The third kappa shape index (κ3) is 4.60. The second-order valence-electron chi connectivity index (χ2n) is 7.84. The predicted octanol–water partition coefficient (Wildman–Crippen LogP) is -5.25. The lowest BCUT2D eigenvalue weighted by molar-refractivity contribution is -0.340. The van der Waals surface area contributed by atoms with Gasteiger partial charge in [-0.05, 0) is 0 Å². The van der Waals surface area contributed by atoms with Crippen LogP contribution in [0, 0.1) is 0 Å². The van der Waals surface area contributed by atoms with Crippen LogP contribution in [0.15, 0.2) is 17.2 Å². The molecule has 2 saturated heterocycles. The van der Waals surface area contributed by atoms with E-state index in [0.717, 1.165) is 0 Å². The summed E-state index contributed by atoms with van der Waals surface area (Å²) >= 11 is 0. The van der Waals surface area contributed by atoms with Gasteiger partial charge in [0.15, 0.2) is 23.7 Å². The number of ether oxygens (including phenoxy) is 3. The zero-order chi connectivity index (χ0) is 24.6. The number of aliphatic hydroxyl groups excluding tert-OH is 7. The number of aliphatic hydroxyl groups is 7. The van der Waals surface area contributed by atoms with Gasteiger partial charge in [-0.25, -0.2) is 9.97 Å². The molecule has 2 aliphatic heterocycles. The number of hydrogen-bond donors (Lipinski definition) is 9. The van der Waals surface area contributed by atoms with Gasteiger partial charge in [0.2, 0.25) is 5.95 Å². The fourth-order valence-electron chi connectivity index (χ4n) is 3.79. The molecule has 16 heteroatoms. The van der Waals surface area contributed by atoms with Crippen molar-refractivity contribution in [1.29, 1.82) is 0 Å². The molecule has 0 aromatic carbocycles. The van der Waals surface area contributed by atoms with Gasteiger partial charge in [-0.1, -0.05) is 0 Å². The number of nitrogens with zero attached hydrogens (tertiary/aromatic N) is 3. The summed E-state index contributed by atoms with van der Waals surface area (Å²) in [6.07, 6.45) is -12.9. The number of fused-ring (bicyclic) bond motifs is 1. The number of hydrogen-bond acceptors (Lipinski definition) is 15. The maximum Gasteiger partial charge on any atom is 0.280 e. The van der Waals surface area contributed by atoms with Crippen molar-refractivity contribution in [2.45, 2.75) is 61.3 Å². The van der Waals surface area contributed by atoms with Crippen molar-refractivity contribution < 1.29 is 50.0 Å². The highest BCUT2D eigenvalue weighted by molar-refractivity contribution is 5.68. The maximum absolute atomic E-state index is 12.2. The minimum Gasteiger partial charge on any atom is -0.394 e. The Balaban J connectivity index is 1.50. The van der Waals surface area contributed by atoms with Crippen LogP contribution in [0.25, 0.3) is 11.2 Å². The van der Waals surface area contributed by atoms with Gasteiger partial charge in [0, 0.05) is 12.4 Å². The fourth-order valence-corrected chi connectivity index (χ4v) is 3.79. The first-order chi connectivity index (χ1) is 16.2. The average Bonchev–Trinajstić information content (AvgIpc) is 2.83. The summed E-state index contributed by atoms with van der Waals surface area (Å²) in [4.78, 5) is 26.4. The van der Waals surface area contributed by atoms with Crippen molar-refractivity contribution in [2.75, 3.05) is 18.5 Å². The smallest absolute Gasteiger partial charge is 0.280 e. The average molecular weight is 487 g/mol. The number of anilines is 1. The summed E-state index contributed by atoms with van der Waals surface area (Å²) in [6, 6.07) is 0. The van der Waals surface area contributed by atoms with Crippen molar-refractivity contribution in [3.8, 4) is 0 Å². The van der Waals surface area contributed by atoms with E-state index in [2.05, 4.69) is 25.3 Å². The Morgan fingerprint density at radius 3 is 2.32 bits per heavy atom. The third-order valence-corrected chi connectivity index (χ3v) is 5.63. The molecule has 0 radical (unpaired) electrons. The molecule has 2 aromatic rings. The number of nitrogens with one attached hydrogen (secondary N) is 2. The van der Waals surface area contributed by atoms with Gasteiger partial charge in [0.25, 0.3) is 5.56 Å². The van der Waals surface area contributed by atoms with E-state index in [1.165, 1.54) is 12.4 Å². The van der Waals surface area contributed by atoms with Crippen LogP contribution in [0.2, 0.25) is 0 Å². The monoisotopic (exact) mass is 487 g/mol. The molecule has 2 aliphatic rings. The Hall–Kier alpha value is -2.38. The standard InChI is InChI=1S/C18H25N5O11/c24-3-5-8(26)9(27)12(30)17(33-5)34-13-6(4-25)32-16(11(29)10(13)28)23-18-21-14-7(15(31)22-18)19-1-2-20-14/h1-2,5-6,8-13,16-17,24-30H,3-4H2,(H2,20,21,22,23,31)/t5-,6-,8+,9+,10-,11-,12-,13-,16?,17+/m1/s1. The Bertz CT molecular complexity index is 1040. The number of rotatable bonds is 6. The zero-order valence-electron chi connectivity index (χ0n) is 17.4. The molecule has 188 valence electrons. The quantitative estimate of drug-likeness (QED) is 0.184. The van der Waals surface area contributed by atoms with Crippen LogP contribution in [0.1, 0.15) is 0 Å². The van der Waals surface area contributed by atoms with E-state index in [9.17, 15) is 40.5 Å². The van der Waals surface area contributed by atoms with Crippen molar-refractivity contribution in [3.63, 3.8) is 0 Å².